The van der Waals surface area contributed by atoms with Gasteiger partial charge in [-0.05, 0) is 96.8 Å². The van der Waals surface area contributed by atoms with E-state index >= 15 is 0 Å². The van der Waals surface area contributed by atoms with E-state index in [-0.39, 0.29) is 22.3 Å². The lowest BCUT2D eigenvalue weighted by atomic mass is 9.47. The van der Waals surface area contributed by atoms with Crippen LogP contribution in [0.5, 0.6) is 11.5 Å². The average molecular weight is 314 g/mol. The van der Waals surface area contributed by atoms with Crippen molar-refractivity contribution in [2.75, 3.05) is 0 Å². The maximum atomic E-state index is 10.2. The second kappa shape index (κ2) is 4.91. The van der Waals surface area contributed by atoms with Crippen LogP contribution in [0.2, 0.25) is 0 Å². The van der Waals surface area contributed by atoms with Crippen molar-refractivity contribution in [2.45, 2.75) is 76.5 Å². The van der Waals surface area contributed by atoms with E-state index in [4.69, 9.17) is 0 Å². The van der Waals surface area contributed by atoms with Gasteiger partial charge < -0.3 is 10.2 Å². The topological polar surface area (TPSA) is 40.5 Å². The largest absolute Gasteiger partial charge is 0.504 e. The number of rotatable bonds is 3. The van der Waals surface area contributed by atoms with Crippen LogP contribution >= 0.6 is 0 Å². The fourth-order valence-corrected chi connectivity index (χ4v) is 6.21. The fourth-order valence-electron chi connectivity index (χ4n) is 6.21. The van der Waals surface area contributed by atoms with Crippen molar-refractivity contribution in [3.8, 4) is 11.5 Å². The smallest absolute Gasteiger partial charge is 0.157 e. The first kappa shape index (κ1) is 15.4. The van der Waals surface area contributed by atoms with Gasteiger partial charge >= 0.3 is 0 Å². The zero-order valence-electron chi connectivity index (χ0n) is 14.7. The van der Waals surface area contributed by atoms with Gasteiger partial charge in [0.15, 0.2) is 11.5 Å². The molecule has 0 aliphatic heterocycles. The summed E-state index contributed by atoms with van der Waals surface area (Å²) in [6, 6.07) is 3.77. The highest BCUT2D eigenvalue weighted by atomic mass is 16.3. The Morgan fingerprint density at radius 3 is 1.91 bits per heavy atom. The molecule has 0 amide bonds. The van der Waals surface area contributed by atoms with Crippen LogP contribution in [0.15, 0.2) is 12.1 Å². The zero-order chi connectivity index (χ0) is 16.4. The van der Waals surface area contributed by atoms with Gasteiger partial charge in [0, 0.05) is 0 Å². The van der Waals surface area contributed by atoms with E-state index in [1.54, 1.807) is 0 Å². The molecule has 2 heteroatoms. The van der Waals surface area contributed by atoms with Gasteiger partial charge in [0.1, 0.15) is 0 Å². The summed E-state index contributed by atoms with van der Waals surface area (Å²) in [6.07, 6.45) is 9.18. The van der Waals surface area contributed by atoms with Crippen LogP contribution in [0.25, 0.3) is 0 Å². The number of benzene rings is 1. The molecule has 4 fully saturated rings. The van der Waals surface area contributed by atoms with Crippen molar-refractivity contribution in [3.05, 3.63) is 23.3 Å². The molecule has 4 saturated carbocycles. The Kier molecular flexibility index (Phi) is 3.28. The van der Waals surface area contributed by atoms with Crippen LogP contribution < -0.4 is 0 Å². The minimum atomic E-state index is 0.0316. The lowest BCUT2D eigenvalue weighted by Crippen LogP contribution is -2.49. The number of hydrogen-bond donors (Lipinski definition) is 2. The van der Waals surface area contributed by atoms with Crippen molar-refractivity contribution >= 4 is 0 Å². The van der Waals surface area contributed by atoms with Crippen LogP contribution in [-0.2, 0) is 10.8 Å². The zero-order valence-corrected chi connectivity index (χ0v) is 14.7. The van der Waals surface area contributed by atoms with Gasteiger partial charge in [0.25, 0.3) is 0 Å². The maximum absolute atomic E-state index is 10.2. The summed E-state index contributed by atoms with van der Waals surface area (Å²) in [4.78, 5) is 0. The average Bonchev–Trinajstić information content (AvgIpc) is 2.48. The third-order valence-electron chi connectivity index (χ3n) is 7.34. The minimum absolute atomic E-state index is 0.0316. The normalized spacial score (nSPS) is 35.7. The van der Waals surface area contributed by atoms with Gasteiger partial charge in [-0.3, -0.25) is 0 Å². The molecule has 126 valence electrons. The van der Waals surface area contributed by atoms with Crippen molar-refractivity contribution in [1.82, 2.24) is 0 Å². The number of phenols is 2. The molecule has 0 radical (unpaired) electrons. The third kappa shape index (κ3) is 2.28. The summed E-state index contributed by atoms with van der Waals surface area (Å²) < 4.78 is 0. The molecule has 4 bridgehead atoms. The number of phenolic OH excluding ortho intramolecular Hbond substituents is 2. The van der Waals surface area contributed by atoms with Crippen LogP contribution in [0.4, 0.5) is 0 Å². The summed E-state index contributed by atoms with van der Waals surface area (Å²) in [5.41, 5.74) is 2.89. The van der Waals surface area contributed by atoms with Crippen LogP contribution in [0, 0.1) is 17.8 Å². The van der Waals surface area contributed by atoms with Gasteiger partial charge in [-0.15, -0.1) is 0 Å². The summed E-state index contributed by atoms with van der Waals surface area (Å²) in [5.74, 6) is 2.75. The van der Waals surface area contributed by atoms with Crippen LogP contribution in [-0.4, -0.2) is 10.2 Å². The van der Waals surface area contributed by atoms with Gasteiger partial charge in [-0.25, -0.2) is 0 Å². The van der Waals surface area contributed by atoms with E-state index in [0.29, 0.717) is 0 Å². The molecular formula is C21H30O2. The highest BCUT2D eigenvalue weighted by Crippen LogP contribution is 2.62. The van der Waals surface area contributed by atoms with E-state index in [2.05, 4.69) is 20.8 Å². The van der Waals surface area contributed by atoms with Crippen molar-refractivity contribution in [2.24, 2.45) is 17.8 Å². The first-order chi connectivity index (χ1) is 10.8. The first-order valence-corrected chi connectivity index (χ1v) is 9.40. The second-order valence-corrected chi connectivity index (χ2v) is 9.32. The molecular weight excluding hydrogens is 284 g/mol. The SMILES string of the molecule is CCC(C)(C)c1cc(O)c(O)cc1C12CC3CC(CC(C3)C1)C2. The summed E-state index contributed by atoms with van der Waals surface area (Å²) in [7, 11) is 0. The van der Waals surface area contributed by atoms with E-state index < -0.39 is 0 Å². The molecule has 5 rings (SSSR count). The Labute approximate surface area is 139 Å². The number of hydrogen-bond acceptors (Lipinski definition) is 2. The standard InChI is InChI=1S/C21H30O2/c1-4-20(2,3)16-8-18(22)19(23)9-17(16)21-10-13-5-14(11-21)7-15(6-13)12-21/h8-9,13-15,22-23H,4-7,10-12H2,1-3H3. The molecule has 0 unspecified atom stereocenters. The highest BCUT2D eigenvalue weighted by Gasteiger charge is 2.52. The lowest BCUT2D eigenvalue weighted by Gasteiger charge is -2.58. The van der Waals surface area contributed by atoms with E-state index in [0.717, 1.165) is 24.2 Å². The predicted octanol–water partition coefficient (Wildman–Crippen LogP) is 5.25. The molecule has 23 heavy (non-hydrogen) atoms. The first-order valence-electron chi connectivity index (χ1n) is 9.40. The Bertz CT molecular complexity index is 594. The maximum Gasteiger partial charge on any atom is 0.157 e. The quantitative estimate of drug-likeness (QED) is 0.748. The summed E-state index contributed by atoms with van der Waals surface area (Å²) in [5, 5.41) is 20.3. The fraction of sp³-hybridized carbons (Fsp3) is 0.714. The highest BCUT2D eigenvalue weighted by molar-refractivity contribution is 5.51. The second-order valence-electron chi connectivity index (χ2n) is 9.32. The minimum Gasteiger partial charge on any atom is -0.504 e. The van der Waals surface area contributed by atoms with E-state index in [1.807, 2.05) is 12.1 Å². The van der Waals surface area contributed by atoms with Crippen LogP contribution in [0.3, 0.4) is 0 Å². The van der Waals surface area contributed by atoms with Gasteiger partial charge in [-0.1, -0.05) is 20.8 Å². The summed E-state index contributed by atoms with van der Waals surface area (Å²) >= 11 is 0. The molecule has 0 heterocycles. The number of aromatic hydroxyl groups is 2. The van der Waals surface area contributed by atoms with Crippen molar-refractivity contribution in [3.63, 3.8) is 0 Å². The van der Waals surface area contributed by atoms with E-state index in [1.165, 1.54) is 49.7 Å². The molecule has 4 aliphatic carbocycles. The summed E-state index contributed by atoms with van der Waals surface area (Å²) in [6.45, 7) is 6.75. The Balaban J connectivity index is 1.87. The van der Waals surface area contributed by atoms with Crippen LogP contribution in [0.1, 0.15) is 76.8 Å². The molecule has 2 nitrogen and oxygen atoms in total. The van der Waals surface area contributed by atoms with Gasteiger partial charge in [0.05, 0.1) is 0 Å². The van der Waals surface area contributed by atoms with Crippen molar-refractivity contribution < 1.29 is 10.2 Å². The lowest BCUT2D eigenvalue weighted by molar-refractivity contribution is -0.00610. The third-order valence-corrected chi connectivity index (χ3v) is 7.34. The monoisotopic (exact) mass is 314 g/mol. The van der Waals surface area contributed by atoms with Gasteiger partial charge in [-0.2, -0.15) is 0 Å². The molecule has 1 aromatic rings. The predicted molar refractivity (Wildman–Crippen MR) is 92.9 cm³/mol. The molecule has 2 N–H and O–H groups in total. The molecule has 4 aliphatic rings. The molecule has 1 aromatic carbocycles. The van der Waals surface area contributed by atoms with Gasteiger partial charge in [0.2, 0.25) is 0 Å². The Morgan fingerprint density at radius 2 is 1.43 bits per heavy atom. The molecule has 0 saturated heterocycles. The Morgan fingerprint density at radius 1 is 0.957 bits per heavy atom. The molecule has 0 aromatic heterocycles. The molecule has 0 atom stereocenters. The molecule has 0 spiro atoms. The van der Waals surface area contributed by atoms with Crippen molar-refractivity contribution in [1.29, 1.82) is 0 Å². The Hall–Kier alpha value is -1.18. The van der Waals surface area contributed by atoms with E-state index in [9.17, 15) is 10.2 Å².